The second-order valence-electron chi connectivity index (χ2n) is 2.08. The summed E-state index contributed by atoms with van der Waals surface area (Å²) in [6.45, 7) is 6.89. The van der Waals surface area contributed by atoms with E-state index >= 15 is 0 Å². The Hall–Kier alpha value is -1.31. The summed E-state index contributed by atoms with van der Waals surface area (Å²) >= 11 is 0. The van der Waals surface area contributed by atoms with Crippen LogP contribution >= 0.6 is 0 Å². The van der Waals surface area contributed by atoms with E-state index in [0.29, 0.717) is 6.42 Å². The first-order valence-corrected chi connectivity index (χ1v) is 3.35. The van der Waals surface area contributed by atoms with Crippen molar-refractivity contribution in [3.8, 4) is 0 Å². The first-order chi connectivity index (χ1) is 5.22. The van der Waals surface area contributed by atoms with Gasteiger partial charge in [0.15, 0.2) is 0 Å². The Morgan fingerprint density at radius 2 is 2.18 bits per heavy atom. The topological polar surface area (TPSA) is 37.3 Å². The normalized spacial score (nSPS) is 12.7. The standard InChI is InChI=1S/C9H12O2/c1-3-5-6-7-8(4-2)9(10)11/h3-6,8H,1-2,7H2,(H,10,11)/b6-5+. The summed E-state index contributed by atoms with van der Waals surface area (Å²) in [4.78, 5) is 10.4. The third kappa shape index (κ3) is 4.14. The van der Waals surface area contributed by atoms with E-state index in [1.807, 2.05) is 0 Å². The van der Waals surface area contributed by atoms with Crippen LogP contribution in [0.4, 0.5) is 0 Å². The molecule has 0 saturated heterocycles. The lowest BCUT2D eigenvalue weighted by molar-refractivity contribution is -0.139. The summed E-state index contributed by atoms with van der Waals surface area (Å²) in [6.07, 6.45) is 7.00. The SMILES string of the molecule is C=C/C=C/CC(C=C)C(=O)O. The van der Waals surface area contributed by atoms with Gasteiger partial charge in [0.2, 0.25) is 0 Å². The van der Waals surface area contributed by atoms with E-state index < -0.39 is 11.9 Å². The average molecular weight is 152 g/mol. The molecular formula is C9H12O2. The molecule has 0 bridgehead atoms. The van der Waals surface area contributed by atoms with Crippen LogP contribution in [0.15, 0.2) is 37.5 Å². The first-order valence-electron chi connectivity index (χ1n) is 3.35. The number of aliphatic carboxylic acids is 1. The maximum absolute atomic E-state index is 10.4. The van der Waals surface area contributed by atoms with Gasteiger partial charge in [0.05, 0.1) is 5.92 Å². The van der Waals surface area contributed by atoms with Crippen molar-refractivity contribution < 1.29 is 9.90 Å². The van der Waals surface area contributed by atoms with Crippen LogP contribution < -0.4 is 0 Å². The minimum absolute atomic E-state index is 0.477. The summed E-state index contributed by atoms with van der Waals surface area (Å²) in [5, 5.41) is 8.54. The van der Waals surface area contributed by atoms with Crippen LogP contribution in [0.25, 0.3) is 0 Å². The third-order valence-corrected chi connectivity index (χ3v) is 1.26. The number of hydrogen-bond acceptors (Lipinski definition) is 1. The van der Waals surface area contributed by atoms with Crippen molar-refractivity contribution in [3.63, 3.8) is 0 Å². The quantitative estimate of drug-likeness (QED) is 0.483. The summed E-state index contributed by atoms with van der Waals surface area (Å²) < 4.78 is 0. The highest BCUT2D eigenvalue weighted by molar-refractivity contribution is 5.72. The van der Waals surface area contributed by atoms with Crippen LogP contribution in [0.1, 0.15) is 6.42 Å². The highest BCUT2D eigenvalue weighted by Gasteiger charge is 2.09. The first kappa shape index (κ1) is 9.69. The Morgan fingerprint density at radius 3 is 2.55 bits per heavy atom. The lowest BCUT2D eigenvalue weighted by Gasteiger charge is -2.00. The molecule has 0 aliphatic carbocycles. The Morgan fingerprint density at radius 1 is 1.55 bits per heavy atom. The van der Waals surface area contributed by atoms with E-state index in [4.69, 9.17) is 5.11 Å². The second kappa shape index (κ2) is 5.47. The van der Waals surface area contributed by atoms with Gasteiger partial charge in [-0.1, -0.05) is 30.9 Å². The minimum Gasteiger partial charge on any atom is -0.481 e. The second-order valence-corrected chi connectivity index (χ2v) is 2.08. The Labute approximate surface area is 66.5 Å². The number of allylic oxidation sites excluding steroid dienone is 3. The zero-order valence-electron chi connectivity index (χ0n) is 6.36. The number of hydrogen-bond donors (Lipinski definition) is 1. The number of rotatable bonds is 5. The van der Waals surface area contributed by atoms with Crippen LogP contribution in [0, 0.1) is 5.92 Å². The fraction of sp³-hybridized carbons (Fsp3) is 0.222. The van der Waals surface area contributed by atoms with Crippen molar-refractivity contribution in [3.05, 3.63) is 37.5 Å². The predicted molar refractivity (Wildman–Crippen MR) is 45.3 cm³/mol. The Balaban J connectivity index is 3.88. The van der Waals surface area contributed by atoms with Crippen LogP contribution in [-0.4, -0.2) is 11.1 Å². The van der Waals surface area contributed by atoms with Gasteiger partial charge < -0.3 is 5.11 Å². The van der Waals surface area contributed by atoms with Gasteiger partial charge in [-0.25, -0.2) is 0 Å². The zero-order chi connectivity index (χ0) is 8.69. The van der Waals surface area contributed by atoms with Gasteiger partial charge in [-0.05, 0) is 6.42 Å². The molecule has 0 aromatic carbocycles. The molecule has 2 nitrogen and oxygen atoms in total. The van der Waals surface area contributed by atoms with Crippen molar-refractivity contribution in [2.45, 2.75) is 6.42 Å². The molecule has 0 saturated carbocycles. The maximum Gasteiger partial charge on any atom is 0.310 e. The van der Waals surface area contributed by atoms with Crippen LogP contribution in [0.3, 0.4) is 0 Å². The molecule has 0 spiro atoms. The highest BCUT2D eigenvalue weighted by Crippen LogP contribution is 2.04. The number of carboxylic acid groups (broad SMARTS) is 1. The summed E-state index contributed by atoms with van der Waals surface area (Å²) in [5.74, 6) is -1.32. The highest BCUT2D eigenvalue weighted by atomic mass is 16.4. The van der Waals surface area contributed by atoms with Crippen molar-refractivity contribution in [2.24, 2.45) is 5.92 Å². The molecule has 1 N–H and O–H groups in total. The molecule has 0 aliphatic heterocycles. The van der Waals surface area contributed by atoms with Gasteiger partial charge in [0, 0.05) is 0 Å². The molecule has 0 fully saturated rings. The summed E-state index contributed by atoms with van der Waals surface area (Å²) in [7, 11) is 0. The monoisotopic (exact) mass is 152 g/mol. The van der Waals surface area contributed by atoms with Crippen LogP contribution in [0.5, 0.6) is 0 Å². The Kier molecular flexibility index (Phi) is 4.82. The lowest BCUT2D eigenvalue weighted by Crippen LogP contribution is -2.08. The number of carboxylic acids is 1. The van der Waals surface area contributed by atoms with Gasteiger partial charge in [0.1, 0.15) is 0 Å². The lowest BCUT2D eigenvalue weighted by atomic mass is 10.1. The van der Waals surface area contributed by atoms with E-state index in [9.17, 15) is 4.79 Å². The average Bonchev–Trinajstić information content (AvgIpc) is 1.97. The smallest absolute Gasteiger partial charge is 0.310 e. The van der Waals surface area contributed by atoms with Crippen LogP contribution in [0.2, 0.25) is 0 Å². The number of carbonyl (C=O) groups is 1. The van der Waals surface area contributed by atoms with Crippen molar-refractivity contribution in [1.29, 1.82) is 0 Å². The molecule has 1 atom stereocenters. The molecule has 0 aromatic heterocycles. The van der Waals surface area contributed by atoms with Gasteiger partial charge in [0.25, 0.3) is 0 Å². The maximum atomic E-state index is 10.4. The molecule has 0 aliphatic rings. The van der Waals surface area contributed by atoms with E-state index in [2.05, 4.69) is 13.2 Å². The van der Waals surface area contributed by atoms with Crippen LogP contribution in [-0.2, 0) is 4.79 Å². The van der Waals surface area contributed by atoms with Crippen molar-refractivity contribution in [1.82, 2.24) is 0 Å². The molecule has 2 heteroatoms. The molecule has 0 radical (unpaired) electrons. The van der Waals surface area contributed by atoms with Gasteiger partial charge >= 0.3 is 5.97 Å². The fourth-order valence-corrected chi connectivity index (χ4v) is 0.619. The van der Waals surface area contributed by atoms with E-state index in [-0.39, 0.29) is 0 Å². The molecule has 0 amide bonds. The Bertz CT molecular complexity index is 180. The van der Waals surface area contributed by atoms with Gasteiger partial charge in [-0.2, -0.15) is 0 Å². The zero-order valence-corrected chi connectivity index (χ0v) is 6.36. The summed E-state index contributed by atoms with van der Waals surface area (Å²) in [5.41, 5.74) is 0. The molecule has 1 unspecified atom stereocenters. The predicted octanol–water partition coefficient (Wildman–Crippen LogP) is 2.01. The van der Waals surface area contributed by atoms with E-state index in [1.54, 1.807) is 18.2 Å². The molecule has 0 heterocycles. The van der Waals surface area contributed by atoms with E-state index in [0.717, 1.165) is 0 Å². The van der Waals surface area contributed by atoms with Gasteiger partial charge in [-0.3, -0.25) is 4.79 Å². The minimum atomic E-state index is -0.839. The largest absolute Gasteiger partial charge is 0.481 e. The van der Waals surface area contributed by atoms with Crippen molar-refractivity contribution >= 4 is 5.97 Å². The third-order valence-electron chi connectivity index (χ3n) is 1.26. The van der Waals surface area contributed by atoms with Gasteiger partial charge in [-0.15, -0.1) is 6.58 Å². The molecule has 0 rings (SSSR count). The molecule has 11 heavy (non-hydrogen) atoms. The van der Waals surface area contributed by atoms with Crippen molar-refractivity contribution in [2.75, 3.05) is 0 Å². The summed E-state index contributed by atoms with van der Waals surface area (Å²) in [6, 6.07) is 0. The fourth-order valence-electron chi connectivity index (χ4n) is 0.619. The molecule has 60 valence electrons. The molecular weight excluding hydrogens is 140 g/mol. The molecule has 0 aromatic rings. The van der Waals surface area contributed by atoms with E-state index in [1.165, 1.54) is 6.08 Å².